The molecule has 0 N–H and O–H groups in total. The van der Waals surface area contributed by atoms with E-state index in [2.05, 4.69) is 0 Å². The van der Waals surface area contributed by atoms with E-state index in [-0.39, 0.29) is 44.7 Å². The number of hydrogen-bond acceptors (Lipinski definition) is 6. The van der Waals surface area contributed by atoms with Gasteiger partial charge in [0.05, 0.1) is 29.1 Å². The molecule has 3 heterocycles. The molecule has 0 bridgehead atoms. The molecule has 2 aromatic carbocycles. The van der Waals surface area contributed by atoms with E-state index >= 15 is 0 Å². The average Bonchev–Trinajstić information content (AvgIpc) is 3.51. The monoisotopic (exact) mass is 463 g/mol. The summed E-state index contributed by atoms with van der Waals surface area (Å²) < 4.78 is 31.8. The van der Waals surface area contributed by atoms with Crippen LogP contribution in [0.15, 0.2) is 92.6 Å². The Kier molecular flexibility index (Phi) is 5.03. The van der Waals surface area contributed by atoms with Crippen molar-refractivity contribution in [2.75, 3.05) is 0 Å². The van der Waals surface area contributed by atoms with Crippen LogP contribution in [0.1, 0.15) is 36.9 Å². The Balaban J connectivity index is 1.55. The average molecular weight is 464 g/mol. The fraction of sp³-hybridized carbons (Fsp3) is 0.0833. The zero-order valence-electron chi connectivity index (χ0n) is 16.7. The summed E-state index contributed by atoms with van der Waals surface area (Å²) in [5, 5.41) is 1.93. The van der Waals surface area contributed by atoms with Gasteiger partial charge in [-0.05, 0) is 53.9 Å². The van der Waals surface area contributed by atoms with E-state index in [9.17, 15) is 18.0 Å². The standard InChI is InChI=1S/C24H17NO5S2/c26-23-19-7-1-2-8-21(19)32(28,29)22-13-16(9-10-20(22)23)24(27)25(14-17-5-3-11-30-17)15-18-6-4-12-31-18/h1-13H,14-15H2. The largest absolute Gasteiger partial charge is 0.467 e. The number of thiophene rings is 1. The number of nitrogens with zero attached hydrogens (tertiary/aromatic N) is 1. The van der Waals surface area contributed by atoms with Crippen LogP contribution in [-0.2, 0) is 22.9 Å². The molecule has 0 saturated heterocycles. The quantitative estimate of drug-likeness (QED) is 0.381. The molecule has 32 heavy (non-hydrogen) atoms. The first-order chi connectivity index (χ1) is 15.4. The van der Waals surface area contributed by atoms with Crippen LogP contribution in [0.25, 0.3) is 0 Å². The van der Waals surface area contributed by atoms with E-state index in [1.165, 1.54) is 47.9 Å². The lowest BCUT2D eigenvalue weighted by atomic mass is 10.0. The fourth-order valence-electron chi connectivity index (χ4n) is 3.78. The lowest BCUT2D eigenvalue weighted by molar-refractivity contribution is 0.0719. The Morgan fingerprint density at radius 1 is 0.906 bits per heavy atom. The number of amides is 1. The molecule has 160 valence electrons. The van der Waals surface area contributed by atoms with Crippen molar-refractivity contribution < 1.29 is 22.4 Å². The Bertz CT molecular complexity index is 1380. The van der Waals surface area contributed by atoms with Crippen LogP contribution in [0.2, 0.25) is 0 Å². The molecule has 0 unspecified atom stereocenters. The number of hydrogen-bond donors (Lipinski definition) is 0. The van der Waals surface area contributed by atoms with Crippen LogP contribution in [0.4, 0.5) is 0 Å². The molecule has 1 aliphatic rings. The maximum Gasteiger partial charge on any atom is 0.254 e. The van der Waals surface area contributed by atoms with Crippen molar-refractivity contribution in [2.24, 2.45) is 0 Å². The molecule has 0 aliphatic carbocycles. The minimum Gasteiger partial charge on any atom is -0.467 e. The second-order valence-corrected chi connectivity index (χ2v) is 10.3. The summed E-state index contributed by atoms with van der Waals surface area (Å²) in [5.74, 6) is -0.0980. The first-order valence-electron chi connectivity index (χ1n) is 9.82. The van der Waals surface area contributed by atoms with Crippen LogP contribution in [0, 0.1) is 0 Å². The molecule has 1 aliphatic heterocycles. The molecule has 6 nitrogen and oxygen atoms in total. The highest BCUT2D eigenvalue weighted by molar-refractivity contribution is 7.91. The predicted molar refractivity (Wildman–Crippen MR) is 118 cm³/mol. The molecule has 4 aromatic rings. The number of benzene rings is 2. The zero-order chi connectivity index (χ0) is 22.3. The summed E-state index contributed by atoms with van der Waals surface area (Å²) in [7, 11) is -3.92. The van der Waals surface area contributed by atoms with Gasteiger partial charge in [0.1, 0.15) is 5.76 Å². The van der Waals surface area contributed by atoms with E-state index in [1.807, 2.05) is 17.5 Å². The Labute approximate surface area is 188 Å². The van der Waals surface area contributed by atoms with Crippen LogP contribution < -0.4 is 0 Å². The first-order valence-corrected chi connectivity index (χ1v) is 12.2. The molecule has 5 rings (SSSR count). The number of carbonyl (C=O) groups is 2. The second kappa shape index (κ2) is 7.89. The van der Waals surface area contributed by atoms with Crippen molar-refractivity contribution in [3.05, 3.63) is 106 Å². The second-order valence-electron chi connectivity index (χ2n) is 7.36. The Hall–Kier alpha value is -3.49. The number of sulfone groups is 1. The normalized spacial score (nSPS) is 13.9. The maximum atomic E-state index is 13.4. The Morgan fingerprint density at radius 3 is 2.47 bits per heavy atom. The molecular formula is C24H17NO5S2. The lowest BCUT2D eigenvalue weighted by Crippen LogP contribution is -2.30. The molecular weight excluding hydrogens is 446 g/mol. The van der Waals surface area contributed by atoms with Gasteiger partial charge in [-0.15, -0.1) is 11.3 Å². The highest BCUT2D eigenvalue weighted by atomic mass is 32.2. The third kappa shape index (κ3) is 3.47. The van der Waals surface area contributed by atoms with E-state index in [0.717, 1.165) is 4.88 Å². The lowest BCUT2D eigenvalue weighted by Gasteiger charge is -2.23. The molecule has 0 saturated carbocycles. The summed E-state index contributed by atoms with van der Waals surface area (Å²) in [6.45, 7) is 0.581. The first kappa shape index (κ1) is 20.4. The van der Waals surface area contributed by atoms with Gasteiger partial charge < -0.3 is 9.32 Å². The molecule has 0 radical (unpaired) electrons. The number of furan rings is 1. The van der Waals surface area contributed by atoms with E-state index in [4.69, 9.17) is 4.42 Å². The van der Waals surface area contributed by atoms with Gasteiger partial charge in [0.15, 0.2) is 5.78 Å². The topological polar surface area (TPSA) is 84.7 Å². The van der Waals surface area contributed by atoms with E-state index in [1.54, 1.807) is 29.2 Å². The third-order valence-corrected chi connectivity index (χ3v) is 8.04. The van der Waals surface area contributed by atoms with Gasteiger partial charge in [0.2, 0.25) is 9.84 Å². The van der Waals surface area contributed by atoms with Gasteiger partial charge in [-0.25, -0.2) is 8.42 Å². The minimum atomic E-state index is -3.92. The van der Waals surface area contributed by atoms with Crippen LogP contribution in [-0.4, -0.2) is 25.0 Å². The molecule has 0 spiro atoms. The van der Waals surface area contributed by atoms with E-state index < -0.39 is 9.84 Å². The summed E-state index contributed by atoms with van der Waals surface area (Å²) in [6.07, 6.45) is 1.54. The summed E-state index contributed by atoms with van der Waals surface area (Å²) >= 11 is 1.53. The van der Waals surface area contributed by atoms with Gasteiger partial charge in [0.25, 0.3) is 5.91 Å². The summed E-state index contributed by atoms with van der Waals surface area (Å²) in [5.41, 5.74) is 0.426. The number of carbonyl (C=O) groups excluding carboxylic acids is 2. The third-order valence-electron chi connectivity index (χ3n) is 5.32. The van der Waals surface area contributed by atoms with Crippen molar-refractivity contribution in [1.82, 2.24) is 4.90 Å². The SMILES string of the molecule is O=C1c2ccccc2S(=O)(=O)c2cc(C(=O)N(Cc3ccco3)Cc3cccs3)ccc21. The molecule has 1 amide bonds. The highest BCUT2D eigenvalue weighted by Gasteiger charge is 2.35. The van der Waals surface area contributed by atoms with Gasteiger partial charge in [-0.1, -0.05) is 18.2 Å². The van der Waals surface area contributed by atoms with Crippen molar-refractivity contribution >= 4 is 32.9 Å². The van der Waals surface area contributed by atoms with Crippen LogP contribution >= 0.6 is 11.3 Å². The zero-order valence-corrected chi connectivity index (χ0v) is 18.4. The van der Waals surface area contributed by atoms with Crippen molar-refractivity contribution in [3.8, 4) is 0 Å². The minimum absolute atomic E-state index is 0.0341. The van der Waals surface area contributed by atoms with Gasteiger partial charge in [0, 0.05) is 21.6 Å². The van der Waals surface area contributed by atoms with Crippen LogP contribution in [0.3, 0.4) is 0 Å². The highest BCUT2D eigenvalue weighted by Crippen LogP contribution is 2.35. The smallest absolute Gasteiger partial charge is 0.254 e. The molecule has 0 fully saturated rings. The fourth-order valence-corrected chi connectivity index (χ4v) is 6.18. The number of rotatable bonds is 5. The summed E-state index contributed by atoms with van der Waals surface area (Å²) in [6, 6.07) is 17.7. The van der Waals surface area contributed by atoms with Crippen LogP contribution in [0.5, 0.6) is 0 Å². The maximum absolute atomic E-state index is 13.4. The van der Waals surface area contributed by atoms with Gasteiger partial charge in [-0.2, -0.15) is 0 Å². The van der Waals surface area contributed by atoms with Gasteiger partial charge in [-0.3, -0.25) is 9.59 Å². The molecule has 8 heteroatoms. The molecule has 0 atom stereocenters. The van der Waals surface area contributed by atoms with Crippen molar-refractivity contribution in [2.45, 2.75) is 22.9 Å². The van der Waals surface area contributed by atoms with Crippen molar-refractivity contribution in [1.29, 1.82) is 0 Å². The van der Waals surface area contributed by atoms with Gasteiger partial charge >= 0.3 is 0 Å². The number of fused-ring (bicyclic) bond motifs is 2. The number of ketones is 1. The van der Waals surface area contributed by atoms with E-state index in [0.29, 0.717) is 12.3 Å². The molecule has 2 aromatic heterocycles. The van der Waals surface area contributed by atoms with Crippen molar-refractivity contribution in [3.63, 3.8) is 0 Å². The predicted octanol–water partition coefficient (Wildman–Crippen LogP) is 4.56. The Morgan fingerprint density at radius 2 is 1.72 bits per heavy atom. The summed E-state index contributed by atoms with van der Waals surface area (Å²) in [4.78, 5) is 28.7.